The summed E-state index contributed by atoms with van der Waals surface area (Å²) in [6.07, 6.45) is 3.09. The van der Waals surface area contributed by atoms with E-state index in [4.69, 9.17) is 18.9 Å². The summed E-state index contributed by atoms with van der Waals surface area (Å²) in [4.78, 5) is 16.5. The van der Waals surface area contributed by atoms with Crippen LogP contribution in [0.15, 0.2) is 83.3 Å². The molecule has 0 spiro atoms. The highest BCUT2D eigenvalue weighted by Gasteiger charge is 2.25. The molecule has 1 aromatic heterocycles. The Labute approximate surface area is 209 Å². The van der Waals surface area contributed by atoms with Crippen LogP contribution in [-0.4, -0.2) is 24.7 Å². The highest BCUT2D eigenvalue weighted by atomic mass is 32.2. The molecule has 4 aromatic rings. The second-order valence-corrected chi connectivity index (χ2v) is 9.59. The van der Waals surface area contributed by atoms with Crippen molar-refractivity contribution in [2.75, 3.05) is 13.7 Å². The van der Waals surface area contributed by atoms with Gasteiger partial charge in [-0.3, -0.25) is 0 Å². The van der Waals surface area contributed by atoms with Crippen molar-refractivity contribution in [3.8, 4) is 28.3 Å². The van der Waals surface area contributed by atoms with Crippen molar-refractivity contribution in [2.24, 2.45) is 0 Å². The van der Waals surface area contributed by atoms with E-state index in [1.165, 1.54) is 18.2 Å². The van der Waals surface area contributed by atoms with Gasteiger partial charge in [0.2, 0.25) is 5.89 Å². The normalized spacial score (nSPS) is 14.8. The first kappa shape index (κ1) is 23.2. The highest BCUT2D eigenvalue weighted by Crippen LogP contribution is 2.44. The number of fused-ring (bicyclic) bond motifs is 1. The van der Waals surface area contributed by atoms with Crippen LogP contribution < -0.4 is 4.74 Å². The Kier molecular flexibility index (Phi) is 7.19. The third-order valence-electron chi connectivity index (χ3n) is 6.15. The van der Waals surface area contributed by atoms with E-state index in [2.05, 4.69) is 30.3 Å². The van der Waals surface area contributed by atoms with Crippen LogP contribution in [0.4, 0.5) is 0 Å². The predicted molar refractivity (Wildman–Crippen MR) is 138 cm³/mol. The molecule has 35 heavy (non-hydrogen) atoms. The van der Waals surface area contributed by atoms with E-state index in [1.807, 2.05) is 60.3 Å². The van der Waals surface area contributed by atoms with E-state index in [-0.39, 0.29) is 12.6 Å². The quantitative estimate of drug-likeness (QED) is 0.254. The molecule has 1 atom stereocenters. The number of carbonyl (C=O) groups excluding carboxylic acids is 1. The third kappa shape index (κ3) is 5.28. The topological polar surface area (TPSA) is 61.6 Å². The lowest BCUT2D eigenvalue weighted by Gasteiger charge is -2.26. The highest BCUT2D eigenvalue weighted by molar-refractivity contribution is 7.98. The summed E-state index contributed by atoms with van der Waals surface area (Å²) in [6.45, 7) is -0.0778. The molecule has 1 aliphatic carbocycles. The minimum Gasteiger partial charge on any atom is -0.482 e. The van der Waals surface area contributed by atoms with E-state index in [1.54, 1.807) is 0 Å². The molecule has 3 aromatic carbocycles. The van der Waals surface area contributed by atoms with Gasteiger partial charge in [0.05, 0.1) is 12.9 Å². The van der Waals surface area contributed by atoms with E-state index in [9.17, 15) is 4.79 Å². The number of aromatic nitrogens is 1. The van der Waals surface area contributed by atoms with Crippen molar-refractivity contribution in [1.82, 2.24) is 4.98 Å². The van der Waals surface area contributed by atoms with Crippen LogP contribution in [-0.2, 0) is 21.7 Å². The lowest BCUT2D eigenvalue weighted by molar-refractivity contribution is -0.142. The second-order valence-electron chi connectivity index (χ2n) is 8.40. The molecule has 1 aliphatic rings. The number of benzene rings is 3. The maximum absolute atomic E-state index is 11.5. The lowest BCUT2D eigenvalue weighted by atomic mass is 9.90. The Morgan fingerprint density at radius 1 is 1.00 bits per heavy atom. The number of nitrogens with zero attached hydrogens (tertiary/aromatic N) is 1. The van der Waals surface area contributed by atoms with Gasteiger partial charge in [-0.15, -0.1) is 11.8 Å². The zero-order valence-electron chi connectivity index (χ0n) is 19.6. The number of ether oxygens (including phenoxy) is 2. The molecule has 0 aliphatic heterocycles. The van der Waals surface area contributed by atoms with Crippen LogP contribution in [0, 0.1) is 0 Å². The number of hydrogen-bond donors (Lipinski definition) is 0. The number of thioether (sulfide) groups is 1. The van der Waals surface area contributed by atoms with Crippen molar-refractivity contribution in [3.63, 3.8) is 0 Å². The standard InChI is InChI=1S/C29H27NO4S/c1-32-27(31)18-33-24-16-8-15-23-22(24)14-9-17-25(23)35-19-26-30-28(20-10-4-2-5-11-20)29(34-26)21-12-6-3-7-13-21/h2-8,10-13,15-16,25H,9,14,17-19H2,1H3. The molecule has 1 heterocycles. The van der Waals surface area contributed by atoms with Gasteiger partial charge in [0.25, 0.3) is 0 Å². The van der Waals surface area contributed by atoms with Gasteiger partial charge in [0, 0.05) is 16.4 Å². The van der Waals surface area contributed by atoms with Gasteiger partial charge in [0.1, 0.15) is 11.4 Å². The van der Waals surface area contributed by atoms with Crippen LogP contribution in [0.3, 0.4) is 0 Å². The summed E-state index contributed by atoms with van der Waals surface area (Å²) in [6, 6.07) is 26.4. The van der Waals surface area contributed by atoms with Crippen molar-refractivity contribution >= 4 is 17.7 Å². The molecular formula is C29H27NO4S. The van der Waals surface area contributed by atoms with E-state index in [0.717, 1.165) is 53.5 Å². The van der Waals surface area contributed by atoms with E-state index >= 15 is 0 Å². The molecule has 0 saturated heterocycles. The Hall–Kier alpha value is -3.51. The summed E-state index contributed by atoms with van der Waals surface area (Å²) >= 11 is 1.84. The maximum Gasteiger partial charge on any atom is 0.343 e. The average Bonchev–Trinajstić information content (AvgIpc) is 3.36. The largest absolute Gasteiger partial charge is 0.482 e. The summed E-state index contributed by atoms with van der Waals surface area (Å²) in [5.74, 6) is 2.58. The molecule has 1 unspecified atom stereocenters. The van der Waals surface area contributed by atoms with Crippen LogP contribution in [0.25, 0.3) is 22.6 Å². The molecule has 178 valence electrons. The first-order valence-corrected chi connectivity index (χ1v) is 12.8. The van der Waals surface area contributed by atoms with Gasteiger partial charge in [-0.05, 0) is 36.5 Å². The molecular weight excluding hydrogens is 458 g/mol. The zero-order chi connectivity index (χ0) is 24.0. The first-order valence-electron chi connectivity index (χ1n) is 11.8. The molecule has 0 radical (unpaired) electrons. The third-order valence-corrected chi connectivity index (χ3v) is 7.45. The summed E-state index contributed by atoms with van der Waals surface area (Å²) in [5, 5.41) is 0.313. The number of esters is 1. The Morgan fingerprint density at radius 3 is 2.49 bits per heavy atom. The number of carbonyl (C=O) groups is 1. The molecule has 0 saturated carbocycles. The van der Waals surface area contributed by atoms with Crippen molar-refractivity contribution in [3.05, 3.63) is 95.9 Å². The summed E-state index contributed by atoms with van der Waals surface area (Å²) in [5.41, 5.74) is 5.38. The van der Waals surface area contributed by atoms with Crippen molar-refractivity contribution in [1.29, 1.82) is 0 Å². The van der Waals surface area contributed by atoms with Gasteiger partial charge in [-0.25, -0.2) is 9.78 Å². The average molecular weight is 486 g/mol. The van der Waals surface area contributed by atoms with Crippen LogP contribution in [0.1, 0.15) is 35.1 Å². The van der Waals surface area contributed by atoms with Gasteiger partial charge in [-0.1, -0.05) is 72.8 Å². The van der Waals surface area contributed by atoms with Crippen LogP contribution in [0.2, 0.25) is 0 Å². The smallest absolute Gasteiger partial charge is 0.343 e. The Morgan fingerprint density at radius 2 is 1.74 bits per heavy atom. The summed E-state index contributed by atoms with van der Waals surface area (Å²) < 4.78 is 16.8. The number of hydrogen-bond acceptors (Lipinski definition) is 6. The lowest BCUT2D eigenvalue weighted by Crippen LogP contribution is -2.15. The van der Waals surface area contributed by atoms with Gasteiger partial charge in [-0.2, -0.15) is 0 Å². The SMILES string of the molecule is COC(=O)COc1cccc2c1CCCC2SCc1nc(-c2ccccc2)c(-c2ccccc2)o1. The molecule has 0 fully saturated rings. The minimum atomic E-state index is -0.378. The number of methoxy groups -OCH3 is 1. The van der Waals surface area contributed by atoms with Gasteiger partial charge < -0.3 is 13.9 Å². The fourth-order valence-electron chi connectivity index (χ4n) is 4.45. The van der Waals surface area contributed by atoms with Crippen LogP contribution >= 0.6 is 11.8 Å². The van der Waals surface area contributed by atoms with Crippen molar-refractivity contribution < 1.29 is 18.7 Å². The molecule has 5 rings (SSSR count). The molecule has 5 nitrogen and oxygen atoms in total. The first-order chi connectivity index (χ1) is 17.2. The molecule has 0 N–H and O–H groups in total. The molecule has 0 amide bonds. The molecule has 0 bridgehead atoms. The van der Waals surface area contributed by atoms with E-state index < -0.39 is 0 Å². The fraction of sp³-hybridized carbons (Fsp3) is 0.241. The Balaban J connectivity index is 1.37. The van der Waals surface area contributed by atoms with Gasteiger partial charge >= 0.3 is 5.97 Å². The van der Waals surface area contributed by atoms with Crippen LogP contribution in [0.5, 0.6) is 5.75 Å². The molecule has 6 heteroatoms. The minimum absolute atomic E-state index is 0.0778. The maximum atomic E-state index is 11.5. The van der Waals surface area contributed by atoms with Crippen molar-refractivity contribution in [2.45, 2.75) is 30.3 Å². The zero-order valence-corrected chi connectivity index (χ0v) is 20.4. The number of rotatable bonds is 8. The monoisotopic (exact) mass is 485 g/mol. The number of oxazole rings is 1. The second kappa shape index (κ2) is 10.8. The fourth-order valence-corrected chi connectivity index (χ4v) is 5.65. The summed E-state index contributed by atoms with van der Waals surface area (Å²) in [7, 11) is 1.37. The predicted octanol–water partition coefficient (Wildman–Crippen LogP) is 6.87. The van der Waals surface area contributed by atoms with E-state index in [0.29, 0.717) is 11.0 Å². The Bertz CT molecular complexity index is 1230. The van der Waals surface area contributed by atoms with Gasteiger partial charge in [0.15, 0.2) is 12.4 Å².